The molecule has 0 spiro atoms. The van der Waals surface area contributed by atoms with Crippen LogP contribution >= 0.6 is 11.8 Å². The second-order valence-electron chi connectivity index (χ2n) is 8.36. The number of amides is 2. The number of fused-ring (bicyclic) bond motifs is 2. The molecule has 36 heavy (non-hydrogen) atoms. The minimum absolute atomic E-state index is 0.0373. The number of thioether (sulfide) groups is 1. The number of nitrogens with one attached hydrogen (secondary N) is 3. The minimum atomic E-state index is -1.14. The number of carbonyl (C=O) groups is 2. The van der Waals surface area contributed by atoms with Gasteiger partial charge in [0.25, 0.3) is 0 Å². The Hall–Kier alpha value is -3.48. The largest absolute Gasteiger partial charge is 0.481 e. The number of anilines is 2. The van der Waals surface area contributed by atoms with Gasteiger partial charge < -0.3 is 25.6 Å². The van der Waals surface area contributed by atoms with Crippen molar-refractivity contribution in [3.63, 3.8) is 0 Å². The van der Waals surface area contributed by atoms with Crippen LogP contribution in [0, 0.1) is 0 Å². The molecule has 1 saturated carbocycles. The molecule has 2 aliphatic rings. The fourth-order valence-electron chi connectivity index (χ4n) is 4.05. The van der Waals surface area contributed by atoms with Crippen LogP contribution in [0.1, 0.15) is 31.4 Å². The normalized spacial score (nSPS) is 18.9. The average Bonchev–Trinajstić information content (AvgIpc) is 2.88. The Morgan fingerprint density at radius 2 is 2.08 bits per heavy atom. The van der Waals surface area contributed by atoms with Crippen LogP contribution in [-0.2, 0) is 11.3 Å². The predicted molar refractivity (Wildman–Crippen MR) is 136 cm³/mol. The Labute approximate surface area is 212 Å². The molecule has 1 aliphatic heterocycles. The Morgan fingerprint density at radius 1 is 1.25 bits per heavy atom. The van der Waals surface area contributed by atoms with Gasteiger partial charge in [0, 0.05) is 35.9 Å². The van der Waals surface area contributed by atoms with E-state index in [1.807, 2.05) is 12.3 Å². The van der Waals surface area contributed by atoms with Crippen LogP contribution in [0.3, 0.4) is 0 Å². The summed E-state index contributed by atoms with van der Waals surface area (Å²) < 4.78 is 4.97. The van der Waals surface area contributed by atoms with E-state index in [0.717, 1.165) is 35.5 Å². The van der Waals surface area contributed by atoms with E-state index in [-0.39, 0.29) is 18.1 Å². The van der Waals surface area contributed by atoms with Gasteiger partial charge in [0.2, 0.25) is 11.8 Å². The lowest BCUT2D eigenvalue weighted by Crippen LogP contribution is -2.41. The Morgan fingerprint density at radius 3 is 2.86 bits per heavy atom. The molecule has 12 heteroatoms. The maximum Gasteiger partial charge on any atom is 0.409 e. The molecule has 2 atom stereocenters. The van der Waals surface area contributed by atoms with Gasteiger partial charge in [-0.05, 0) is 31.0 Å². The van der Waals surface area contributed by atoms with Crippen molar-refractivity contribution in [1.29, 1.82) is 0 Å². The molecule has 3 aromatic heterocycles. The smallest absolute Gasteiger partial charge is 0.409 e. The van der Waals surface area contributed by atoms with Gasteiger partial charge in [-0.3, -0.25) is 20.1 Å². The van der Waals surface area contributed by atoms with Crippen LogP contribution in [0.15, 0.2) is 41.6 Å². The number of hydrogen-bond acceptors (Lipinski definition) is 9. The van der Waals surface area contributed by atoms with Crippen molar-refractivity contribution in [2.75, 3.05) is 23.5 Å². The van der Waals surface area contributed by atoms with Gasteiger partial charge in [-0.2, -0.15) is 0 Å². The molecule has 2 amide bonds. The summed E-state index contributed by atoms with van der Waals surface area (Å²) in [6.45, 7) is 0.621. The number of aromatic nitrogens is 3. The fourth-order valence-corrected chi connectivity index (χ4v) is 4.80. The lowest BCUT2D eigenvalue weighted by molar-refractivity contribution is -0.113. The number of carboxylic acid groups (broad SMARTS) is 1. The first kappa shape index (κ1) is 25.6. The molecule has 11 nitrogen and oxygen atoms in total. The van der Waals surface area contributed by atoms with E-state index in [9.17, 15) is 14.7 Å². The van der Waals surface area contributed by atoms with Crippen molar-refractivity contribution < 1.29 is 24.5 Å². The first-order valence-electron chi connectivity index (χ1n) is 11.6. The second kappa shape index (κ2) is 12.0. The summed E-state index contributed by atoms with van der Waals surface area (Å²) in [5.41, 5.74) is 3.19. The molecule has 190 valence electrons. The number of pyridine rings is 3. The first-order chi connectivity index (χ1) is 17.4. The van der Waals surface area contributed by atoms with E-state index < -0.39 is 6.09 Å². The molecule has 0 unspecified atom stereocenters. The molecule has 0 radical (unpaired) electrons. The minimum Gasteiger partial charge on any atom is -0.481 e. The highest BCUT2D eigenvalue weighted by atomic mass is 32.2. The second-order valence-corrected chi connectivity index (χ2v) is 9.38. The quantitative estimate of drug-likeness (QED) is 0.343. The highest BCUT2D eigenvalue weighted by Crippen LogP contribution is 2.31. The number of ether oxygens (including phenoxy) is 1. The number of methoxy groups -OCH3 is 1. The van der Waals surface area contributed by atoms with Gasteiger partial charge in [0.1, 0.15) is 5.52 Å². The molecule has 5 rings (SSSR count). The van der Waals surface area contributed by atoms with Gasteiger partial charge in [-0.15, -0.1) is 11.8 Å². The lowest BCUT2D eigenvalue weighted by atomic mass is 9.92. The maximum atomic E-state index is 11.4. The van der Waals surface area contributed by atoms with Gasteiger partial charge in [-0.25, -0.2) is 9.78 Å². The number of aliphatic hydroxyl groups is 1. The van der Waals surface area contributed by atoms with Crippen molar-refractivity contribution in [2.45, 2.75) is 49.3 Å². The third kappa shape index (κ3) is 6.59. The zero-order valence-corrected chi connectivity index (χ0v) is 20.5. The Kier molecular flexibility index (Phi) is 8.52. The number of aliphatic hydroxyl groups excluding tert-OH is 1. The zero-order valence-electron chi connectivity index (χ0n) is 19.7. The maximum absolute atomic E-state index is 11.4. The van der Waals surface area contributed by atoms with Gasteiger partial charge in [0.15, 0.2) is 0 Å². The fraction of sp³-hybridized carbons (Fsp3) is 0.375. The average molecular weight is 513 g/mol. The van der Waals surface area contributed by atoms with E-state index in [0.29, 0.717) is 34.9 Å². The van der Waals surface area contributed by atoms with Gasteiger partial charge in [-0.1, -0.05) is 12.8 Å². The standard InChI is InChI=1S/C14H19N3O2S.C10H9N3O3/c18-12-4-2-1-3-10(12)16-6-9-5-11-13(7-15-9)20-8-14(19)17-11;1-16-8-3-2-6-9(13-8)7(4-5-11-6)12-10(14)15/h5,7,10,12,16,18H,1-4,6,8H2,(H,17,19);2-5H,1H3,(H,11,12)(H,14,15)/t10-,12-;/m0./s1. The summed E-state index contributed by atoms with van der Waals surface area (Å²) in [4.78, 5) is 35.6. The summed E-state index contributed by atoms with van der Waals surface area (Å²) in [6.07, 6.45) is 6.10. The van der Waals surface area contributed by atoms with Crippen molar-refractivity contribution in [2.24, 2.45) is 0 Å². The topological polar surface area (TPSA) is 159 Å². The lowest BCUT2D eigenvalue weighted by Gasteiger charge is -2.28. The van der Waals surface area contributed by atoms with Crippen LogP contribution in [0.25, 0.3) is 11.0 Å². The summed E-state index contributed by atoms with van der Waals surface area (Å²) in [7, 11) is 1.49. The van der Waals surface area contributed by atoms with Crippen molar-refractivity contribution >= 4 is 46.2 Å². The van der Waals surface area contributed by atoms with Crippen LogP contribution in [-0.4, -0.2) is 62.2 Å². The molecule has 0 saturated heterocycles. The summed E-state index contributed by atoms with van der Waals surface area (Å²) in [6, 6.07) is 7.00. The van der Waals surface area contributed by atoms with E-state index in [1.54, 1.807) is 18.2 Å². The SMILES string of the molecule is COc1ccc2nccc(NC(=O)O)c2n1.O=C1CSc2cnc(CN[C@H]3CCCC[C@@H]3O)cc2N1. The highest BCUT2D eigenvalue weighted by molar-refractivity contribution is 8.00. The molecular formula is C24H28N6O5S. The Balaban J connectivity index is 0.000000174. The third-order valence-electron chi connectivity index (χ3n) is 5.84. The van der Waals surface area contributed by atoms with Gasteiger partial charge >= 0.3 is 6.09 Å². The van der Waals surface area contributed by atoms with Crippen LogP contribution in [0.5, 0.6) is 5.88 Å². The first-order valence-corrected chi connectivity index (χ1v) is 12.5. The predicted octanol–water partition coefficient (Wildman–Crippen LogP) is 3.25. The molecule has 1 aliphatic carbocycles. The monoisotopic (exact) mass is 512 g/mol. The van der Waals surface area contributed by atoms with Crippen LogP contribution in [0.4, 0.5) is 16.2 Å². The van der Waals surface area contributed by atoms with Crippen LogP contribution < -0.4 is 20.7 Å². The zero-order chi connectivity index (χ0) is 25.5. The van der Waals surface area contributed by atoms with E-state index in [4.69, 9.17) is 9.84 Å². The van der Waals surface area contributed by atoms with Crippen molar-refractivity contribution in [3.05, 3.63) is 42.4 Å². The molecule has 1 fully saturated rings. The van der Waals surface area contributed by atoms with Crippen LogP contribution in [0.2, 0.25) is 0 Å². The number of rotatable bonds is 5. The van der Waals surface area contributed by atoms with Gasteiger partial charge in [0.05, 0.1) is 41.6 Å². The van der Waals surface area contributed by atoms with E-state index in [1.165, 1.54) is 31.5 Å². The summed E-state index contributed by atoms with van der Waals surface area (Å²) >= 11 is 1.52. The number of hydrogen-bond donors (Lipinski definition) is 5. The number of nitrogens with zero attached hydrogens (tertiary/aromatic N) is 3. The molecule has 3 aromatic rings. The third-order valence-corrected chi connectivity index (χ3v) is 6.88. The highest BCUT2D eigenvalue weighted by Gasteiger charge is 2.23. The van der Waals surface area contributed by atoms with E-state index >= 15 is 0 Å². The molecule has 0 aromatic carbocycles. The molecule has 0 bridgehead atoms. The molecule has 5 N–H and O–H groups in total. The van der Waals surface area contributed by atoms with Crippen molar-refractivity contribution in [3.8, 4) is 5.88 Å². The molecule has 4 heterocycles. The summed E-state index contributed by atoms with van der Waals surface area (Å²) in [5.74, 6) is 0.907. The van der Waals surface area contributed by atoms with E-state index in [2.05, 4.69) is 30.9 Å². The Bertz CT molecular complexity index is 1240. The summed E-state index contributed by atoms with van der Waals surface area (Å²) in [5, 5.41) is 27.1. The molecular weight excluding hydrogens is 484 g/mol. The number of carbonyl (C=O) groups excluding carboxylic acids is 1. The van der Waals surface area contributed by atoms with Crippen molar-refractivity contribution in [1.82, 2.24) is 20.3 Å².